The van der Waals surface area contributed by atoms with Crippen molar-refractivity contribution in [3.05, 3.63) is 121 Å². The van der Waals surface area contributed by atoms with Gasteiger partial charge in [0.15, 0.2) is 5.79 Å². The van der Waals surface area contributed by atoms with E-state index in [1.54, 1.807) is 0 Å². The molecule has 1 saturated carbocycles. The van der Waals surface area contributed by atoms with Gasteiger partial charge in [0, 0.05) is 25.2 Å². The molecule has 4 heteroatoms. The Hall–Kier alpha value is -2.34. The molecule has 4 aromatic carbocycles. The predicted octanol–water partition coefficient (Wildman–Crippen LogP) is 6.70. The van der Waals surface area contributed by atoms with Crippen molar-refractivity contribution in [3.8, 4) is 0 Å². The van der Waals surface area contributed by atoms with Crippen LogP contribution in [-0.2, 0) is 9.47 Å². The lowest BCUT2D eigenvalue weighted by Gasteiger charge is -2.32. The molecule has 0 radical (unpaired) electrons. The molecule has 0 amide bonds. The Balaban J connectivity index is 1.34. The van der Waals surface area contributed by atoms with Crippen LogP contribution in [0, 0.1) is 0 Å². The van der Waals surface area contributed by atoms with Gasteiger partial charge in [0.1, 0.15) is 0 Å². The van der Waals surface area contributed by atoms with Gasteiger partial charge in [-0.1, -0.05) is 128 Å². The summed E-state index contributed by atoms with van der Waals surface area (Å²) in [6, 6.07) is 44.2. The fraction of sp³-hybridized carbons (Fsp3) is 0.294. The Morgan fingerprint density at radius 1 is 0.474 bits per heavy atom. The van der Waals surface area contributed by atoms with Crippen LogP contribution in [0.3, 0.4) is 0 Å². The molecule has 1 aliphatic carbocycles. The van der Waals surface area contributed by atoms with Crippen molar-refractivity contribution in [2.24, 2.45) is 0 Å². The van der Waals surface area contributed by atoms with Crippen LogP contribution < -0.4 is 21.2 Å². The Kier molecular flexibility index (Phi) is 8.34. The number of hydrogen-bond donors (Lipinski definition) is 0. The van der Waals surface area contributed by atoms with Crippen LogP contribution >= 0.6 is 15.8 Å². The fourth-order valence-electron chi connectivity index (χ4n) is 5.88. The molecule has 2 fully saturated rings. The van der Waals surface area contributed by atoms with E-state index in [4.69, 9.17) is 9.47 Å². The van der Waals surface area contributed by atoms with E-state index in [1.165, 1.54) is 40.5 Å². The summed E-state index contributed by atoms with van der Waals surface area (Å²) in [6.07, 6.45) is 7.84. The zero-order chi connectivity index (χ0) is 25.6. The van der Waals surface area contributed by atoms with Crippen molar-refractivity contribution in [2.45, 2.75) is 50.1 Å². The van der Waals surface area contributed by atoms with E-state index in [0.29, 0.717) is 0 Å². The molecular weight excluding hydrogens is 502 g/mol. The molecule has 1 spiro atoms. The summed E-state index contributed by atoms with van der Waals surface area (Å²) in [7, 11) is -1.12. The van der Waals surface area contributed by atoms with E-state index in [2.05, 4.69) is 121 Å². The van der Waals surface area contributed by atoms with Crippen molar-refractivity contribution in [1.82, 2.24) is 0 Å². The van der Waals surface area contributed by atoms with E-state index < -0.39 is 21.6 Å². The van der Waals surface area contributed by atoms with Crippen molar-refractivity contribution < 1.29 is 9.47 Å². The molecule has 0 aromatic heterocycles. The van der Waals surface area contributed by atoms with Crippen LogP contribution in [-0.4, -0.2) is 30.3 Å². The quantitative estimate of drug-likeness (QED) is 0.233. The largest absolute Gasteiger partial charge is 0.344 e. The Bertz CT molecular complexity index is 1090. The number of rotatable bonds is 8. The molecule has 1 saturated heterocycles. The second-order valence-electron chi connectivity index (χ2n) is 10.3. The fourth-order valence-corrected chi connectivity index (χ4v) is 10.8. The molecule has 2 nitrogen and oxygen atoms in total. The lowest BCUT2D eigenvalue weighted by Crippen LogP contribution is -2.34. The average Bonchev–Trinajstić information content (AvgIpc) is 3.32. The van der Waals surface area contributed by atoms with E-state index in [1.807, 2.05) is 0 Å². The maximum Gasteiger partial charge on any atom is 0.169 e. The lowest BCUT2D eigenvalue weighted by molar-refractivity contribution is -0.191. The average molecular weight is 539 g/mol. The van der Waals surface area contributed by atoms with Gasteiger partial charge >= 0.3 is 0 Å². The molecule has 6 rings (SSSR count). The molecule has 2 aliphatic rings. The van der Waals surface area contributed by atoms with Gasteiger partial charge in [-0.05, 0) is 49.9 Å². The van der Waals surface area contributed by atoms with Crippen LogP contribution in [0.4, 0.5) is 0 Å². The third-order valence-electron chi connectivity index (χ3n) is 7.76. The van der Waals surface area contributed by atoms with Gasteiger partial charge in [0.2, 0.25) is 0 Å². The first-order chi connectivity index (χ1) is 18.8. The van der Waals surface area contributed by atoms with Crippen LogP contribution in [0.15, 0.2) is 121 Å². The molecule has 2 unspecified atom stereocenters. The molecule has 0 bridgehead atoms. The summed E-state index contributed by atoms with van der Waals surface area (Å²) in [4.78, 5) is 0. The van der Waals surface area contributed by atoms with Crippen molar-refractivity contribution >= 4 is 37.1 Å². The highest BCUT2D eigenvalue weighted by Gasteiger charge is 2.49. The van der Waals surface area contributed by atoms with Crippen LogP contribution in [0.1, 0.15) is 32.1 Å². The van der Waals surface area contributed by atoms with E-state index >= 15 is 0 Å². The van der Waals surface area contributed by atoms with E-state index in [9.17, 15) is 0 Å². The Labute approximate surface area is 229 Å². The number of benzene rings is 4. The second-order valence-corrected chi connectivity index (χ2v) is 14.9. The van der Waals surface area contributed by atoms with Crippen molar-refractivity contribution in [2.75, 3.05) is 12.3 Å². The normalized spacial score (nSPS) is 20.8. The molecule has 4 aromatic rings. The van der Waals surface area contributed by atoms with E-state index in [0.717, 1.165) is 25.2 Å². The first-order valence-corrected chi connectivity index (χ1v) is 17.0. The van der Waals surface area contributed by atoms with E-state index in [-0.39, 0.29) is 12.2 Å². The summed E-state index contributed by atoms with van der Waals surface area (Å²) in [6.45, 7) is 0. The summed E-state index contributed by atoms with van der Waals surface area (Å²) in [5, 5.41) is 5.64. The smallest absolute Gasteiger partial charge is 0.169 e. The highest BCUT2D eigenvalue weighted by Crippen LogP contribution is 2.48. The standard InChI is InChI=1S/C34H36O2P2/c1-6-16-28(17-7-1)37(29-18-8-2-9-19-29)26-32-33(36-34(35-32)24-14-5-15-25-34)27-38(30-20-10-3-11-21-30)31-22-12-4-13-23-31/h1-4,6-13,16-23,32-33H,5,14-15,24-27H2. The van der Waals surface area contributed by atoms with Gasteiger partial charge in [0.25, 0.3) is 0 Å². The highest BCUT2D eigenvalue weighted by molar-refractivity contribution is 7.73. The Morgan fingerprint density at radius 2 is 0.789 bits per heavy atom. The lowest BCUT2D eigenvalue weighted by atomic mass is 9.94. The topological polar surface area (TPSA) is 18.5 Å². The van der Waals surface area contributed by atoms with Gasteiger partial charge < -0.3 is 9.47 Å². The second kappa shape index (κ2) is 12.2. The Morgan fingerprint density at radius 3 is 1.11 bits per heavy atom. The zero-order valence-corrected chi connectivity index (χ0v) is 23.7. The maximum atomic E-state index is 7.05. The maximum absolute atomic E-state index is 7.05. The van der Waals surface area contributed by atoms with Crippen molar-refractivity contribution in [1.29, 1.82) is 0 Å². The minimum absolute atomic E-state index is 0.0806. The number of ether oxygens (including phenoxy) is 2. The summed E-state index contributed by atoms with van der Waals surface area (Å²) >= 11 is 0. The summed E-state index contributed by atoms with van der Waals surface area (Å²) < 4.78 is 14.1. The third-order valence-corrected chi connectivity index (χ3v) is 12.9. The van der Waals surface area contributed by atoms with Crippen LogP contribution in [0.5, 0.6) is 0 Å². The molecule has 194 valence electrons. The van der Waals surface area contributed by atoms with Gasteiger partial charge in [-0.25, -0.2) is 0 Å². The summed E-state index contributed by atoms with van der Waals surface area (Å²) in [5.74, 6) is -0.406. The summed E-state index contributed by atoms with van der Waals surface area (Å²) in [5.41, 5.74) is 0. The molecular formula is C34H36O2P2. The first-order valence-electron chi connectivity index (χ1n) is 13.9. The van der Waals surface area contributed by atoms with Crippen molar-refractivity contribution in [3.63, 3.8) is 0 Å². The monoisotopic (exact) mass is 538 g/mol. The molecule has 1 heterocycles. The van der Waals surface area contributed by atoms with Crippen LogP contribution in [0.2, 0.25) is 0 Å². The first kappa shape index (κ1) is 25.9. The SMILES string of the molecule is c1ccc(P(CC2OC3(CCCCC3)OC2CP(c2ccccc2)c2ccccc2)c2ccccc2)cc1. The van der Waals surface area contributed by atoms with Gasteiger partial charge in [-0.15, -0.1) is 0 Å². The third kappa shape index (κ3) is 5.95. The number of hydrogen-bond acceptors (Lipinski definition) is 2. The highest BCUT2D eigenvalue weighted by atomic mass is 31.1. The molecule has 1 aliphatic heterocycles. The zero-order valence-electron chi connectivity index (χ0n) is 21.9. The van der Waals surface area contributed by atoms with Crippen LogP contribution in [0.25, 0.3) is 0 Å². The predicted molar refractivity (Wildman–Crippen MR) is 163 cm³/mol. The minimum Gasteiger partial charge on any atom is -0.344 e. The van der Waals surface area contributed by atoms with Gasteiger partial charge in [-0.2, -0.15) is 0 Å². The van der Waals surface area contributed by atoms with Gasteiger partial charge in [0.05, 0.1) is 12.2 Å². The molecule has 38 heavy (non-hydrogen) atoms. The minimum atomic E-state index is -0.558. The molecule has 0 N–H and O–H groups in total. The molecule has 2 atom stereocenters. The van der Waals surface area contributed by atoms with Gasteiger partial charge in [-0.3, -0.25) is 0 Å².